The fraction of sp³-hybridized carbons (Fsp3) is 0.350. The summed E-state index contributed by atoms with van der Waals surface area (Å²) < 4.78 is 41.1. The lowest BCUT2D eigenvalue weighted by atomic mass is 10.2. The highest BCUT2D eigenvalue weighted by Crippen LogP contribution is 2.28. The minimum absolute atomic E-state index is 0.0990. The number of benzene rings is 2. The first-order chi connectivity index (χ1) is 13.9. The second kappa shape index (κ2) is 10.9. The van der Waals surface area contributed by atoms with Crippen LogP contribution < -0.4 is 19.0 Å². The second-order valence-corrected chi connectivity index (χ2v) is 8.18. The first-order valence-corrected chi connectivity index (χ1v) is 11.0. The third-order valence-corrected chi connectivity index (χ3v) is 5.47. The molecular weight excluding hydrogens is 416 g/mol. The van der Waals surface area contributed by atoms with Gasteiger partial charge in [0.25, 0.3) is 10.0 Å². The molecule has 0 atom stereocenters. The molecule has 1 N–H and O–H groups in total. The largest absolute Gasteiger partial charge is 0.495 e. The Labute approximate surface area is 176 Å². The molecule has 0 spiro atoms. The van der Waals surface area contributed by atoms with Gasteiger partial charge in [0.05, 0.1) is 27.0 Å². The molecule has 0 unspecified atom stereocenters. The first-order valence-electron chi connectivity index (χ1n) is 9.10. The van der Waals surface area contributed by atoms with Crippen molar-refractivity contribution in [2.24, 2.45) is 5.10 Å². The summed E-state index contributed by atoms with van der Waals surface area (Å²) in [5, 5.41) is 4.10. The standard InChI is InChI=1S/C20H25ClN2O5S/c1-4-5-6-11-28-17-9-7-15(12-19(17)27-3)14-22-23-29(24,25)20-13-16(21)8-10-18(20)26-2/h7-10,12-14,23H,4-6,11H2,1-3H3/b22-14+. The van der Waals surface area contributed by atoms with Gasteiger partial charge in [-0.1, -0.05) is 31.4 Å². The van der Waals surface area contributed by atoms with E-state index in [2.05, 4.69) is 16.9 Å². The van der Waals surface area contributed by atoms with Gasteiger partial charge in [0.2, 0.25) is 0 Å². The van der Waals surface area contributed by atoms with Crippen molar-refractivity contribution in [2.75, 3.05) is 20.8 Å². The van der Waals surface area contributed by atoms with Crippen LogP contribution in [0.3, 0.4) is 0 Å². The average Bonchev–Trinajstić information content (AvgIpc) is 2.71. The quantitative estimate of drug-likeness (QED) is 0.321. The maximum Gasteiger partial charge on any atom is 0.280 e. The third-order valence-electron chi connectivity index (χ3n) is 3.99. The van der Waals surface area contributed by atoms with Crippen LogP contribution >= 0.6 is 11.6 Å². The predicted octanol–water partition coefficient (Wildman–Crippen LogP) is 4.24. The number of ether oxygens (including phenoxy) is 3. The third kappa shape index (κ3) is 6.54. The van der Waals surface area contributed by atoms with Crippen molar-refractivity contribution in [1.82, 2.24) is 4.83 Å². The number of hydrogen-bond acceptors (Lipinski definition) is 6. The smallest absolute Gasteiger partial charge is 0.280 e. The molecule has 158 valence electrons. The van der Waals surface area contributed by atoms with E-state index in [0.29, 0.717) is 23.7 Å². The SMILES string of the molecule is CCCCCOc1ccc(/C=N/NS(=O)(=O)c2cc(Cl)ccc2OC)cc1OC. The molecule has 2 rings (SSSR count). The van der Waals surface area contributed by atoms with Crippen LogP contribution in [-0.4, -0.2) is 35.5 Å². The van der Waals surface area contributed by atoms with Gasteiger partial charge in [0.1, 0.15) is 10.6 Å². The Kier molecular flexibility index (Phi) is 8.60. The number of rotatable bonds is 11. The zero-order valence-electron chi connectivity index (χ0n) is 16.6. The molecule has 0 aromatic heterocycles. The van der Waals surface area contributed by atoms with Gasteiger partial charge in [-0.3, -0.25) is 0 Å². The molecule has 9 heteroatoms. The summed E-state index contributed by atoms with van der Waals surface area (Å²) in [7, 11) is -1.03. The molecule has 0 saturated heterocycles. The van der Waals surface area contributed by atoms with Gasteiger partial charge in [0.15, 0.2) is 11.5 Å². The molecule has 29 heavy (non-hydrogen) atoms. The van der Waals surface area contributed by atoms with Crippen LogP contribution in [0, 0.1) is 0 Å². The molecule has 0 aliphatic rings. The Morgan fingerprint density at radius 1 is 1.03 bits per heavy atom. The number of unbranched alkanes of at least 4 members (excludes halogenated alkanes) is 2. The topological polar surface area (TPSA) is 86.2 Å². The van der Waals surface area contributed by atoms with Gasteiger partial charge in [0, 0.05) is 5.02 Å². The molecule has 7 nitrogen and oxygen atoms in total. The minimum Gasteiger partial charge on any atom is -0.495 e. The van der Waals surface area contributed by atoms with Crippen molar-refractivity contribution in [1.29, 1.82) is 0 Å². The molecular formula is C20H25ClN2O5S. The summed E-state index contributed by atoms with van der Waals surface area (Å²) in [5.41, 5.74) is 0.642. The van der Waals surface area contributed by atoms with Crippen molar-refractivity contribution in [3.63, 3.8) is 0 Å². The van der Waals surface area contributed by atoms with E-state index in [1.54, 1.807) is 31.4 Å². The average molecular weight is 441 g/mol. The van der Waals surface area contributed by atoms with Crippen LogP contribution in [0.1, 0.15) is 31.7 Å². The van der Waals surface area contributed by atoms with E-state index < -0.39 is 10.0 Å². The predicted molar refractivity (Wildman–Crippen MR) is 114 cm³/mol. The maximum atomic E-state index is 12.5. The lowest BCUT2D eigenvalue weighted by Gasteiger charge is -2.11. The van der Waals surface area contributed by atoms with E-state index in [9.17, 15) is 8.42 Å². The van der Waals surface area contributed by atoms with Gasteiger partial charge in [-0.05, 0) is 48.4 Å². The molecule has 2 aromatic rings. The molecule has 0 radical (unpaired) electrons. The van der Waals surface area contributed by atoms with Gasteiger partial charge in [-0.2, -0.15) is 18.4 Å². The van der Waals surface area contributed by atoms with Crippen LogP contribution in [0.2, 0.25) is 5.02 Å². The van der Waals surface area contributed by atoms with Crippen molar-refractivity contribution in [3.8, 4) is 17.2 Å². The number of sulfonamides is 1. The molecule has 0 amide bonds. The maximum absolute atomic E-state index is 12.5. The Morgan fingerprint density at radius 3 is 2.45 bits per heavy atom. The lowest BCUT2D eigenvalue weighted by Crippen LogP contribution is -2.19. The zero-order chi connectivity index (χ0) is 21.3. The highest BCUT2D eigenvalue weighted by Gasteiger charge is 2.19. The van der Waals surface area contributed by atoms with Crippen LogP contribution in [0.4, 0.5) is 0 Å². The molecule has 0 bridgehead atoms. The van der Waals surface area contributed by atoms with Crippen LogP contribution in [0.15, 0.2) is 46.4 Å². The molecule has 0 saturated carbocycles. The zero-order valence-corrected chi connectivity index (χ0v) is 18.2. The number of halogens is 1. The Bertz CT molecular complexity index is 948. The molecule has 2 aromatic carbocycles. The van der Waals surface area contributed by atoms with Gasteiger partial charge >= 0.3 is 0 Å². The number of methoxy groups -OCH3 is 2. The highest BCUT2D eigenvalue weighted by atomic mass is 35.5. The van der Waals surface area contributed by atoms with Crippen molar-refractivity contribution >= 4 is 27.8 Å². The monoisotopic (exact) mass is 440 g/mol. The number of nitrogens with zero attached hydrogens (tertiary/aromatic N) is 1. The number of hydrazone groups is 1. The van der Waals surface area contributed by atoms with Crippen molar-refractivity contribution < 1.29 is 22.6 Å². The van der Waals surface area contributed by atoms with Crippen LogP contribution in [-0.2, 0) is 10.0 Å². The minimum atomic E-state index is -3.95. The Balaban J connectivity index is 2.10. The fourth-order valence-electron chi connectivity index (χ4n) is 2.50. The summed E-state index contributed by atoms with van der Waals surface area (Å²) in [6.07, 6.45) is 4.56. The molecule has 0 fully saturated rings. The number of hydrogen-bond donors (Lipinski definition) is 1. The van der Waals surface area contributed by atoms with E-state index in [0.717, 1.165) is 19.3 Å². The van der Waals surface area contributed by atoms with E-state index >= 15 is 0 Å². The summed E-state index contributed by atoms with van der Waals surface area (Å²) >= 11 is 5.90. The second-order valence-electron chi connectivity index (χ2n) is 6.11. The van der Waals surface area contributed by atoms with Gasteiger partial charge < -0.3 is 14.2 Å². The summed E-state index contributed by atoms with van der Waals surface area (Å²) in [4.78, 5) is 2.06. The first kappa shape index (κ1) is 22.8. The van der Waals surface area contributed by atoms with Crippen molar-refractivity contribution in [2.45, 2.75) is 31.1 Å². The summed E-state index contributed by atoms with van der Waals surface area (Å²) in [6, 6.07) is 9.56. The Hall–Kier alpha value is -2.45. The van der Waals surface area contributed by atoms with E-state index in [4.69, 9.17) is 25.8 Å². The van der Waals surface area contributed by atoms with E-state index in [1.165, 1.54) is 25.5 Å². The van der Waals surface area contributed by atoms with E-state index in [1.807, 2.05) is 0 Å². The lowest BCUT2D eigenvalue weighted by molar-refractivity contribution is 0.286. The Morgan fingerprint density at radius 2 is 1.76 bits per heavy atom. The van der Waals surface area contributed by atoms with Gasteiger partial charge in [-0.15, -0.1) is 0 Å². The molecule has 0 aliphatic carbocycles. The molecule has 0 aliphatic heterocycles. The van der Waals surface area contributed by atoms with Gasteiger partial charge in [-0.25, -0.2) is 0 Å². The highest BCUT2D eigenvalue weighted by molar-refractivity contribution is 7.89. The summed E-state index contributed by atoms with van der Waals surface area (Å²) in [6.45, 7) is 2.74. The van der Waals surface area contributed by atoms with Crippen LogP contribution in [0.25, 0.3) is 0 Å². The van der Waals surface area contributed by atoms with Crippen LogP contribution in [0.5, 0.6) is 17.2 Å². The molecule has 0 heterocycles. The summed E-state index contributed by atoms with van der Waals surface area (Å²) in [5.74, 6) is 1.35. The number of nitrogens with one attached hydrogen (secondary N) is 1. The normalized spacial score (nSPS) is 11.4. The van der Waals surface area contributed by atoms with E-state index in [-0.39, 0.29) is 15.7 Å². The van der Waals surface area contributed by atoms with Crippen molar-refractivity contribution in [3.05, 3.63) is 47.0 Å². The fourth-order valence-corrected chi connectivity index (χ4v) is 3.72.